The molecule has 2 rings (SSSR count). The van der Waals surface area contributed by atoms with Crippen LogP contribution in [0.3, 0.4) is 0 Å². The molecule has 104 valence electrons. The highest BCUT2D eigenvalue weighted by atomic mass is 32.1. The molecule has 0 spiro atoms. The standard InChI is InChI=1S/C13H14N4O2S/c1-14-11(18)10-4-2-3-9(7-10)8-16-12(19)17-13-15-5-6-20-13/h2-7H,8H2,1H3,(H,14,18)(H2,15,16,17,19). The van der Waals surface area contributed by atoms with E-state index in [1.54, 1.807) is 36.8 Å². The number of carbonyl (C=O) groups excluding carboxylic acids is 2. The van der Waals surface area contributed by atoms with Crippen molar-refractivity contribution in [2.24, 2.45) is 0 Å². The number of hydrogen-bond acceptors (Lipinski definition) is 4. The number of benzene rings is 1. The molecule has 0 unspecified atom stereocenters. The van der Waals surface area contributed by atoms with E-state index >= 15 is 0 Å². The van der Waals surface area contributed by atoms with Gasteiger partial charge in [-0.1, -0.05) is 12.1 Å². The molecule has 0 atom stereocenters. The number of nitrogens with zero attached hydrogens (tertiary/aromatic N) is 1. The van der Waals surface area contributed by atoms with Crippen molar-refractivity contribution in [3.8, 4) is 0 Å². The van der Waals surface area contributed by atoms with Gasteiger partial charge in [-0.2, -0.15) is 0 Å². The van der Waals surface area contributed by atoms with Crippen LogP contribution in [0, 0.1) is 0 Å². The molecule has 0 radical (unpaired) electrons. The molecular formula is C13H14N4O2S. The second-order valence-corrected chi connectivity index (χ2v) is 4.82. The lowest BCUT2D eigenvalue weighted by molar-refractivity contribution is 0.0963. The summed E-state index contributed by atoms with van der Waals surface area (Å²) < 4.78 is 0. The number of nitrogens with one attached hydrogen (secondary N) is 3. The third-order valence-electron chi connectivity index (χ3n) is 2.52. The van der Waals surface area contributed by atoms with Gasteiger partial charge in [-0.05, 0) is 17.7 Å². The zero-order valence-electron chi connectivity index (χ0n) is 10.8. The third kappa shape index (κ3) is 3.79. The number of rotatable bonds is 4. The van der Waals surface area contributed by atoms with Gasteiger partial charge in [0.2, 0.25) is 0 Å². The van der Waals surface area contributed by atoms with Crippen molar-refractivity contribution in [3.05, 3.63) is 47.0 Å². The minimum Gasteiger partial charge on any atom is -0.355 e. The summed E-state index contributed by atoms with van der Waals surface area (Å²) in [6.45, 7) is 0.335. The normalized spacial score (nSPS) is 9.85. The summed E-state index contributed by atoms with van der Waals surface area (Å²) in [4.78, 5) is 27.1. The zero-order chi connectivity index (χ0) is 14.4. The van der Waals surface area contributed by atoms with Gasteiger partial charge < -0.3 is 10.6 Å². The second kappa shape index (κ2) is 6.67. The van der Waals surface area contributed by atoms with Crippen molar-refractivity contribution in [2.75, 3.05) is 12.4 Å². The van der Waals surface area contributed by atoms with Gasteiger partial charge in [-0.15, -0.1) is 11.3 Å². The fourth-order valence-electron chi connectivity index (χ4n) is 1.58. The maximum absolute atomic E-state index is 11.6. The van der Waals surface area contributed by atoms with E-state index in [2.05, 4.69) is 20.9 Å². The largest absolute Gasteiger partial charge is 0.355 e. The molecular weight excluding hydrogens is 276 g/mol. The van der Waals surface area contributed by atoms with Crippen LogP contribution in [0.5, 0.6) is 0 Å². The van der Waals surface area contributed by atoms with Crippen LogP contribution >= 0.6 is 11.3 Å². The molecule has 20 heavy (non-hydrogen) atoms. The van der Waals surface area contributed by atoms with Crippen LogP contribution in [0.1, 0.15) is 15.9 Å². The Morgan fingerprint density at radius 2 is 2.20 bits per heavy atom. The summed E-state index contributed by atoms with van der Waals surface area (Å²) in [5.74, 6) is -0.154. The van der Waals surface area contributed by atoms with E-state index in [0.717, 1.165) is 5.56 Å². The van der Waals surface area contributed by atoms with Gasteiger partial charge >= 0.3 is 6.03 Å². The molecule has 0 bridgehead atoms. The first-order chi connectivity index (χ1) is 9.69. The number of hydrogen-bond donors (Lipinski definition) is 3. The minimum atomic E-state index is -0.328. The monoisotopic (exact) mass is 290 g/mol. The molecule has 0 aliphatic carbocycles. The van der Waals surface area contributed by atoms with Crippen LogP contribution in [0.4, 0.5) is 9.93 Å². The molecule has 0 aliphatic heterocycles. The van der Waals surface area contributed by atoms with Crippen LogP contribution in [-0.2, 0) is 6.54 Å². The van der Waals surface area contributed by atoms with Crippen LogP contribution in [0.2, 0.25) is 0 Å². The van der Waals surface area contributed by atoms with Crippen LogP contribution < -0.4 is 16.0 Å². The van der Waals surface area contributed by atoms with Crippen molar-refractivity contribution < 1.29 is 9.59 Å². The third-order valence-corrected chi connectivity index (χ3v) is 3.21. The fraction of sp³-hybridized carbons (Fsp3) is 0.154. The predicted molar refractivity (Wildman–Crippen MR) is 77.8 cm³/mol. The summed E-state index contributed by atoms with van der Waals surface area (Å²) >= 11 is 1.35. The molecule has 6 nitrogen and oxygen atoms in total. The Labute approximate surface area is 120 Å². The number of carbonyl (C=O) groups is 2. The molecule has 0 aliphatic rings. The molecule has 1 aromatic heterocycles. The van der Waals surface area contributed by atoms with Gasteiger partial charge in [0.25, 0.3) is 5.91 Å². The van der Waals surface area contributed by atoms with Gasteiger partial charge in [0.15, 0.2) is 5.13 Å². The van der Waals surface area contributed by atoms with Gasteiger partial charge in [0.1, 0.15) is 0 Å². The molecule has 0 fully saturated rings. The quantitative estimate of drug-likeness (QED) is 0.803. The van der Waals surface area contributed by atoms with E-state index in [9.17, 15) is 9.59 Å². The van der Waals surface area contributed by atoms with E-state index < -0.39 is 0 Å². The average Bonchev–Trinajstić information content (AvgIpc) is 2.97. The van der Waals surface area contributed by atoms with Gasteiger partial charge in [0, 0.05) is 30.7 Å². The van der Waals surface area contributed by atoms with Gasteiger partial charge in [-0.25, -0.2) is 9.78 Å². The summed E-state index contributed by atoms with van der Waals surface area (Å²) in [5.41, 5.74) is 1.41. The summed E-state index contributed by atoms with van der Waals surface area (Å²) in [6.07, 6.45) is 1.62. The maximum atomic E-state index is 11.6. The van der Waals surface area contributed by atoms with Gasteiger partial charge in [0.05, 0.1) is 0 Å². The van der Waals surface area contributed by atoms with E-state index in [4.69, 9.17) is 0 Å². The van der Waals surface area contributed by atoms with E-state index in [-0.39, 0.29) is 11.9 Å². The Morgan fingerprint density at radius 1 is 1.35 bits per heavy atom. The van der Waals surface area contributed by atoms with Crippen LogP contribution in [-0.4, -0.2) is 24.0 Å². The number of amides is 3. The van der Waals surface area contributed by atoms with Crippen molar-refractivity contribution in [1.82, 2.24) is 15.6 Å². The first kappa shape index (κ1) is 14.0. The Morgan fingerprint density at radius 3 is 2.90 bits per heavy atom. The average molecular weight is 290 g/mol. The number of aromatic nitrogens is 1. The molecule has 1 heterocycles. The van der Waals surface area contributed by atoms with Crippen LogP contribution in [0.25, 0.3) is 0 Å². The molecule has 3 N–H and O–H groups in total. The van der Waals surface area contributed by atoms with Crippen molar-refractivity contribution in [3.63, 3.8) is 0 Å². The molecule has 1 aromatic carbocycles. The fourth-order valence-corrected chi connectivity index (χ4v) is 2.10. The highest BCUT2D eigenvalue weighted by Crippen LogP contribution is 2.10. The number of thiazole rings is 1. The Bertz CT molecular complexity index is 598. The number of anilines is 1. The van der Waals surface area contributed by atoms with Crippen LogP contribution in [0.15, 0.2) is 35.8 Å². The minimum absolute atomic E-state index is 0.154. The highest BCUT2D eigenvalue weighted by molar-refractivity contribution is 7.13. The van der Waals surface area contributed by atoms with E-state index in [0.29, 0.717) is 17.2 Å². The number of urea groups is 1. The SMILES string of the molecule is CNC(=O)c1cccc(CNC(=O)Nc2nccs2)c1. The van der Waals surface area contributed by atoms with Crippen molar-refractivity contribution in [1.29, 1.82) is 0 Å². The molecule has 3 amide bonds. The highest BCUT2D eigenvalue weighted by Gasteiger charge is 2.06. The predicted octanol–water partition coefficient (Wildman–Crippen LogP) is 1.82. The van der Waals surface area contributed by atoms with E-state index in [1.165, 1.54) is 11.3 Å². The van der Waals surface area contributed by atoms with E-state index in [1.807, 2.05) is 6.07 Å². The summed E-state index contributed by atoms with van der Waals surface area (Å²) in [7, 11) is 1.58. The first-order valence-corrected chi connectivity index (χ1v) is 6.82. The lowest BCUT2D eigenvalue weighted by Gasteiger charge is -2.07. The summed E-state index contributed by atoms with van der Waals surface area (Å²) in [6, 6.07) is 6.75. The Hall–Kier alpha value is -2.41. The van der Waals surface area contributed by atoms with Crippen molar-refractivity contribution >= 4 is 28.4 Å². The zero-order valence-corrected chi connectivity index (χ0v) is 11.7. The van der Waals surface area contributed by atoms with Crippen molar-refractivity contribution in [2.45, 2.75) is 6.54 Å². The molecule has 2 aromatic rings. The molecule has 7 heteroatoms. The van der Waals surface area contributed by atoms with Gasteiger partial charge in [-0.3, -0.25) is 10.1 Å². The molecule has 0 saturated carbocycles. The second-order valence-electron chi connectivity index (χ2n) is 3.92. The smallest absolute Gasteiger partial charge is 0.321 e. The lowest BCUT2D eigenvalue weighted by atomic mass is 10.1. The first-order valence-electron chi connectivity index (χ1n) is 5.94. The lowest BCUT2D eigenvalue weighted by Crippen LogP contribution is -2.28. The Balaban J connectivity index is 1.90. The topological polar surface area (TPSA) is 83.1 Å². The Kier molecular flexibility index (Phi) is 4.67. The maximum Gasteiger partial charge on any atom is 0.321 e. The summed E-state index contributed by atoms with van der Waals surface area (Å²) in [5, 5.41) is 10.2. The molecule has 0 saturated heterocycles.